The highest BCUT2D eigenvalue weighted by Crippen LogP contribution is 2.01. The van der Waals surface area contributed by atoms with Crippen molar-refractivity contribution >= 4 is 0 Å². The molecule has 0 spiro atoms. The summed E-state index contributed by atoms with van der Waals surface area (Å²) >= 11 is 0. The second-order valence-electron chi connectivity index (χ2n) is 5.99. The van der Waals surface area contributed by atoms with Gasteiger partial charge in [0.1, 0.15) is 18.5 Å². The smallest absolute Gasteiger partial charge is 0.123 e. The van der Waals surface area contributed by atoms with E-state index in [1.54, 1.807) is 7.11 Å². The van der Waals surface area contributed by atoms with E-state index >= 15 is 0 Å². The van der Waals surface area contributed by atoms with E-state index in [9.17, 15) is 13.2 Å². The molecule has 9 heteroatoms. The number of methoxy groups -OCH3 is 1. The van der Waals surface area contributed by atoms with Crippen LogP contribution in [0.5, 0.6) is 0 Å². The largest absolute Gasteiger partial charge is 0.502 e. The molecule has 0 rings (SSSR count). The third kappa shape index (κ3) is 35.0. The molecule has 0 amide bonds. The maximum absolute atomic E-state index is 12.3. The lowest BCUT2D eigenvalue weighted by Crippen LogP contribution is -2.07. The van der Waals surface area contributed by atoms with Gasteiger partial charge < -0.3 is 29.5 Å². The maximum atomic E-state index is 12.3. The van der Waals surface area contributed by atoms with Gasteiger partial charge in [0.2, 0.25) is 0 Å². The van der Waals surface area contributed by atoms with Crippen molar-refractivity contribution in [2.45, 2.75) is 64.0 Å². The monoisotopic (exact) mass is 434 g/mol. The summed E-state index contributed by atoms with van der Waals surface area (Å²) in [5.41, 5.74) is 0. The molecule has 0 aromatic heterocycles. The Labute approximate surface area is 173 Å². The van der Waals surface area contributed by atoms with Gasteiger partial charge in [0.05, 0.1) is 32.7 Å². The number of aliphatic hydroxyl groups excluding tert-OH is 3. The number of hydrogen-bond donors (Lipinski definition) is 3. The van der Waals surface area contributed by atoms with Crippen LogP contribution in [0.15, 0.2) is 12.8 Å². The van der Waals surface area contributed by atoms with Crippen molar-refractivity contribution in [3.8, 4) is 0 Å². The summed E-state index contributed by atoms with van der Waals surface area (Å²) in [5.74, 6) is 0. The summed E-state index contributed by atoms with van der Waals surface area (Å²) in [7, 11) is 1.58. The van der Waals surface area contributed by atoms with Crippen LogP contribution in [0.25, 0.3) is 0 Å². The van der Waals surface area contributed by atoms with Crippen LogP contribution < -0.4 is 0 Å². The van der Waals surface area contributed by atoms with Crippen LogP contribution in [0.3, 0.4) is 0 Å². The molecule has 0 fully saturated rings. The third-order valence-corrected chi connectivity index (χ3v) is 3.37. The number of halogens is 3. The molecule has 0 aliphatic heterocycles. The molecule has 0 aliphatic carbocycles. The summed E-state index contributed by atoms with van der Waals surface area (Å²) in [6.45, 7) is 6.42. The van der Waals surface area contributed by atoms with E-state index in [-0.39, 0.29) is 13.2 Å². The predicted molar refractivity (Wildman–Crippen MR) is 108 cm³/mol. The van der Waals surface area contributed by atoms with Crippen molar-refractivity contribution in [1.29, 1.82) is 0 Å². The zero-order chi connectivity index (χ0) is 22.8. The molecule has 6 nitrogen and oxygen atoms in total. The Bertz CT molecular complexity index is 301. The van der Waals surface area contributed by atoms with Crippen molar-refractivity contribution in [1.82, 2.24) is 0 Å². The van der Waals surface area contributed by atoms with Gasteiger partial charge >= 0.3 is 0 Å². The van der Waals surface area contributed by atoms with Crippen molar-refractivity contribution in [2.75, 3.05) is 53.4 Å². The topological polar surface area (TPSA) is 88.4 Å². The van der Waals surface area contributed by atoms with E-state index in [2.05, 4.69) is 11.3 Å². The standard InChI is InChI=1S/C7H15FO2.C7H13FO2.C6H13FO2/c2*1-2-10-5-3-4-7(8)6-9;1-9-4-2-3-6(7)5-8/h7,9H,2-6H2,1H3;2,7,9H,1,3-6H2;6,8H,2-5H2,1H3. The van der Waals surface area contributed by atoms with Crippen LogP contribution in [0.4, 0.5) is 13.2 Å². The molecular weight excluding hydrogens is 393 g/mol. The average molecular weight is 435 g/mol. The zero-order valence-electron chi connectivity index (χ0n) is 17.9. The van der Waals surface area contributed by atoms with Crippen molar-refractivity contribution in [3.63, 3.8) is 0 Å². The third-order valence-electron chi connectivity index (χ3n) is 3.37. The van der Waals surface area contributed by atoms with Gasteiger partial charge in [-0.1, -0.05) is 6.58 Å². The van der Waals surface area contributed by atoms with E-state index in [0.29, 0.717) is 65.0 Å². The van der Waals surface area contributed by atoms with Gasteiger partial charge in [0.25, 0.3) is 0 Å². The van der Waals surface area contributed by atoms with E-state index in [4.69, 9.17) is 24.8 Å². The lowest BCUT2D eigenvalue weighted by Gasteiger charge is -2.03. The molecule has 0 aromatic carbocycles. The SMILES string of the molecule is C=COCCCC(F)CO.CCOCCCC(F)CO.COCCCC(F)CO. The number of hydrogen-bond acceptors (Lipinski definition) is 6. The van der Waals surface area contributed by atoms with Gasteiger partial charge in [-0.25, -0.2) is 13.2 Å². The van der Waals surface area contributed by atoms with Crippen LogP contribution in [-0.4, -0.2) is 87.2 Å². The highest BCUT2D eigenvalue weighted by Gasteiger charge is 2.03. The van der Waals surface area contributed by atoms with Gasteiger partial charge in [0.15, 0.2) is 0 Å². The summed E-state index contributed by atoms with van der Waals surface area (Å²) in [4.78, 5) is 0. The number of rotatable bonds is 17. The second kappa shape index (κ2) is 29.3. The fraction of sp³-hybridized carbons (Fsp3) is 0.900. The summed E-state index contributed by atoms with van der Waals surface area (Å²) < 4.78 is 51.0. The van der Waals surface area contributed by atoms with E-state index in [0.717, 1.165) is 0 Å². The number of ether oxygens (including phenoxy) is 3. The Morgan fingerprint density at radius 2 is 1.21 bits per heavy atom. The summed E-state index contributed by atoms with van der Waals surface area (Å²) in [6.07, 6.45) is 1.22. The van der Waals surface area contributed by atoms with Crippen LogP contribution in [0.1, 0.15) is 45.4 Å². The minimum atomic E-state index is -1.10. The van der Waals surface area contributed by atoms with Crippen LogP contribution >= 0.6 is 0 Å². The van der Waals surface area contributed by atoms with Crippen molar-refractivity contribution in [3.05, 3.63) is 12.8 Å². The number of alkyl halides is 3. The van der Waals surface area contributed by atoms with E-state index in [1.165, 1.54) is 6.26 Å². The molecule has 29 heavy (non-hydrogen) atoms. The Kier molecular flexibility index (Phi) is 33.2. The Balaban J connectivity index is -0.000000350. The predicted octanol–water partition coefficient (Wildman–Crippen LogP) is 3.13. The van der Waals surface area contributed by atoms with Crippen molar-refractivity contribution in [2.24, 2.45) is 0 Å². The summed E-state index contributed by atoms with van der Waals surface area (Å²) in [6, 6.07) is 0. The Morgan fingerprint density at radius 3 is 1.55 bits per heavy atom. The second-order valence-corrected chi connectivity index (χ2v) is 5.99. The summed E-state index contributed by atoms with van der Waals surface area (Å²) in [5, 5.41) is 24.7. The zero-order valence-corrected chi connectivity index (χ0v) is 17.9. The van der Waals surface area contributed by atoms with E-state index < -0.39 is 25.1 Å². The van der Waals surface area contributed by atoms with Gasteiger partial charge in [-0.2, -0.15) is 0 Å². The normalized spacial score (nSPS) is 13.2. The average Bonchev–Trinajstić information content (AvgIpc) is 2.74. The lowest BCUT2D eigenvalue weighted by atomic mass is 10.2. The molecule has 0 saturated carbocycles. The van der Waals surface area contributed by atoms with Gasteiger partial charge in [-0.05, 0) is 45.4 Å². The molecule has 0 radical (unpaired) electrons. The highest BCUT2D eigenvalue weighted by atomic mass is 19.1. The Morgan fingerprint density at radius 1 is 0.793 bits per heavy atom. The quantitative estimate of drug-likeness (QED) is 0.241. The molecule has 3 unspecified atom stereocenters. The molecule has 0 bridgehead atoms. The molecule has 0 aromatic rings. The van der Waals surface area contributed by atoms with Crippen molar-refractivity contribution < 1.29 is 42.7 Å². The molecular formula is C20H41F3O6. The fourth-order valence-corrected chi connectivity index (χ4v) is 1.75. The molecule has 0 aliphatic rings. The molecule has 3 N–H and O–H groups in total. The van der Waals surface area contributed by atoms with Crippen LogP contribution in [-0.2, 0) is 14.2 Å². The maximum Gasteiger partial charge on any atom is 0.123 e. The molecule has 0 heterocycles. The molecule has 178 valence electrons. The van der Waals surface area contributed by atoms with Crippen LogP contribution in [0, 0.1) is 0 Å². The van der Waals surface area contributed by atoms with E-state index in [1.807, 2.05) is 6.92 Å². The molecule has 3 atom stereocenters. The first-order valence-electron chi connectivity index (χ1n) is 9.97. The Hall–Kier alpha value is -0.870. The minimum absolute atomic E-state index is 0.352. The minimum Gasteiger partial charge on any atom is -0.502 e. The number of aliphatic hydroxyl groups is 3. The van der Waals surface area contributed by atoms with Crippen LogP contribution in [0.2, 0.25) is 0 Å². The molecule has 0 saturated heterocycles. The van der Waals surface area contributed by atoms with Gasteiger partial charge in [-0.15, -0.1) is 0 Å². The van der Waals surface area contributed by atoms with Gasteiger partial charge in [-0.3, -0.25) is 0 Å². The highest BCUT2D eigenvalue weighted by molar-refractivity contribution is 4.55. The fourth-order valence-electron chi connectivity index (χ4n) is 1.75. The lowest BCUT2D eigenvalue weighted by molar-refractivity contribution is 0.121. The first-order valence-corrected chi connectivity index (χ1v) is 9.97. The first kappa shape index (κ1) is 32.8. The first-order chi connectivity index (χ1) is 13.9. The van der Waals surface area contributed by atoms with Gasteiger partial charge in [0, 0.05) is 26.9 Å².